The molecule has 27 heavy (non-hydrogen) atoms. The number of ketones is 1. The number of rotatable bonds is 7. The molecule has 0 aliphatic rings. The first-order valence-electron chi connectivity index (χ1n) is 8.52. The van der Waals surface area contributed by atoms with Crippen LogP contribution in [0.2, 0.25) is 0 Å². The van der Waals surface area contributed by atoms with E-state index < -0.39 is 11.0 Å². The van der Waals surface area contributed by atoms with Crippen molar-refractivity contribution < 1.29 is 18.9 Å². The number of nitro groups is 1. The highest BCUT2D eigenvalue weighted by molar-refractivity contribution is 6.00. The van der Waals surface area contributed by atoms with Crippen molar-refractivity contribution in [3.63, 3.8) is 0 Å². The molecule has 0 aliphatic carbocycles. The highest BCUT2D eigenvalue weighted by Crippen LogP contribution is 2.28. The lowest BCUT2D eigenvalue weighted by molar-refractivity contribution is -0.386. The zero-order valence-corrected chi connectivity index (χ0v) is 15.3. The summed E-state index contributed by atoms with van der Waals surface area (Å²) in [5.41, 5.74) is 2.09. The second kappa shape index (κ2) is 7.49. The fourth-order valence-corrected chi connectivity index (χ4v) is 3.02. The molecule has 0 spiro atoms. The van der Waals surface area contributed by atoms with Gasteiger partial charge in [0.15, 0.2) is 11.9 Å². The maximum Gasteiger partial charge on any atom is 0.310 e. The van der Waals surface area contributed by atoms with E-state index in [4.69, 9.17) is 9.15 Å². The number of ether oxygens (including phenoxy) is 1. The summed E-state index contributed by atoms with van der Waals surface area (Å²) >= 11 is 0. The fourth-order valence-electron chi connectivity index (χ4n) is 3.02. The van der Waals surface area contributed by atoms with Crippen LogP contribution in [0.4, 0.5) is 5.69 Å². The summed E-state index contributed by atoms with van der Waals surface area (Å²) in [7, 11) is 0. The largest absolute Gasteiger partial charge is 0.475 e. The van der Waals surface area contributed by atoms with Crippen LogP contribution in [-0.2, 0) is 6.54 Å². The Labute approximate surface area is 156 Å². The first kappa shape index (κ1) is 18.4. The molecule has 0 unspecified atom stereocenters. The molecule has 0 N–H and O–H groups in total. The summed E-state index contributed by atoms with van der Waals surface area (Å²) in [6.45, 7) is 5.90. The monoisotopic (exact) mass is 368 g/mol. The summed E-state index contributed by atoms with van der Waals surface area (Å²) in [5.74, 6) is 0.639. The third-order valence-corrected chi connectivity index (χ3v) is 4.47. The Morgan fingerprint density at radius 1 is 1.26 bits per heavy atom. The minimum absolute atomic E-state index is 0.0766. The molecular formula is C20H20N2O5. The summed E-state index contributed by atoms with van der Waals surface area (Å²) in [6, 6.07) is 11.5. The zero-order chi connectivity index (χ0) is 19.6. The van der Waals surface area contributed by atoms with Crippen molar-refractivity contribution in [2.45, 2.75) is 33.4 Å². The number of carbonyl (C=O) groups is 1. The van der Waals surface area contributed by atoms with Crippen LogP contribution < -0.4 is 4.74 Å². The van der Waals surface area contributed by atoms with Gasteiger partial charge in [0.05, 0.1) is 17.7 Å². The number of nitrogens with zero attached hydrogens (tertiary/aromatic N) is 2. The number of carbonyl (C=O) groups excluding carboxylic acids is 1. The van der Waals surface area contributed by atoms with Crippen LogP contribution in [0.3, 0.4) is 0 Å². The van der Waals surface area contributed by atoms with E-state index in [1.807, 2.05) is 30.5 Å². The summed E-state index contributed by atoms with van der Waals surface area (Å²) in [4.78, 5) is 23.5. The van der Waals surface area contributed by atoms with Gasteiger partial charge in [0, 0.05) is 23.0 Å². The highest BCUT2D eigenvalue weighted by atomic mass is 16.6. The number of aromatic nitrogens is 1. The van der Waals surface area contributed by atoms with Crippen molar-refractivity contribution in [3.8, 4) is 5.75 Å². The average molecular weight is 368 g/mol. The zero-order valence-electron chi connectivity index (χ0n) is 15.3. The number of para-hydroxylation sites is 2. The highest BCUT2D eigenvalue weighted by Gasteiger charge is 2.25. The third kappa shape index (κ3) is 3.76. The molecule has 7 nitrogen and oxygen atoms in total. The van der Waals surface area contributed by atoms with Crippen LogP contribution in [0.1, 0.15) is 34.4 Å². The molecule has 3 aromatic rings. The van der Waals surface area contributed by atoms with Gasteiger partial charge in [0.2, 0.25) is 5.78 Å². The molecule has 0 fully saturated rings. The maximum atomic E-state index is 12.9. The number of aryl methyl sites for hydroxylation is 1. The van der Waals surface area contributed by atoms with Gasteiger partial charge in [-0.3, -0.25) is 14.9 Å². The number of hydrogen-bond acceptors (Lipinski definition) is 5. The number of furan rings is 1. The summed E-state index contributed by atoms with van der Waals surface area (Å²) in [6.07, 6.45) is 0.752. The van der Waals surface area contributed by atoms with Gasteiger partial charge in [-0.25, -0.2) is 0 Å². The normalized spacial score (nSPS) is 12.0. The third-order valence-electron chi connectivity index (χ3n) is 4.47. The Hall–Kier alpha value is -3.35. The average Bonchev–Trinajstić information content (AvgIpc) is 3.25. The molecule has 1 atom stereocenters. The number of nitro benzene ring substituents is 1. The van der Waals surface area contributed by atoms with Gasteiger partial charge in [-0.15, -0.1) is 0 Å². The van der Waals surface area contributed by atoms with Crippen molar-refractivity contribution in [1.29, 1.82) is 0 Å². The van der Waals surface area contributed by atoms with E-state index >= 15 is 0 Å². The van der Waals surface area contributed by atoms with Crippen molar-refractivity contribution in [2.24, 2.45) is 0 Å². The van der Waals surface area contributed by atoms with Gasteiger partial charge in [0.25, 0.3) is 0 Å². The summed E-state index contributed by atoms with van der Waals surface area (Å²) in [5, 5.41) is 11.1. The van der Waals surface area contributed by atoms with Crippen molar-refractivity contribution in [3.05, 3.63) is 81.6 Å². The Bertz CT molecular complexity index is 972. The second-order valence-corrected chi connectivity index (χ2v) is 6.30. The first-order chi connectivity index (χ1) is 12.9. The smallest absolute Gasteiger partial charge is 0.310 e. The Balaban J connectivity index is 1.83. The lowest BCUT2D eigenvalue weighted by Crippen LogP contribution is -2.24. The molecule has 0 aliphatic heterocycles. The van der Waals surface area contributed by atoms with E-state index in [9.17, 15) is 14.9 Å². The van der Waals surface area contributed by atoms with Gasteiger partial charge in [-0.2, -0.15) is 0 Å². The van der Waals surface area contributed by atoms with Crippen LogP contribution in [0.25, 0.3) is 0 Å². The molecule has 140 valence electrons. The van der Waals surface area contributed by atoms with Gasteiger partial charge >= 0.3 is 5.69 Å². The number of benzene rings is 1. The number of Topliss-reactive ketones (excluding diaryl/α,β-unsaturated/α-hetero) is 1. The maximum absolute atomic E-state index is 12.9. The Kier molecular flexibility index (Phi) is 5.12. The SMILES string of the molecule is Cc1cc(C(=O)[C@H](C)Oc2ccccc2[N+](=O)[O-])c(C)n1Cc1ccco1. The van der Waals surface area contributed by atoms with Gasteiger partial charge < -0.3 is 13.7 Å². The van der Waals surface area contributed by atoms with E-state index in [1.165, 1.54) is 12.1 Å². The van der Waals surface area contributed by atoms with E-state index in [2.05, 4.69) is 0 Å². The molecule has 0 bridgehead atoms. The predicted molar refractivity (Wildman–Crippen MR) is 99.2 cm³/mol. The molecular weight excluding hydrogens is 348 g/mol. The summed E-state index contributed by atoms with van der Waals surface area (Å²) < 4.78 is 13.0. The van der Waals surface area contributed by atoms with Crippen LogP contribution in [0.5, 0.6) is 5.75 Å². The van der Waals surface area contributed by atoms with Crippen LogP contribution in [0.15, 0.2) is 53.1 Å². The van der Waals surface area contributed by atoms with E-state index in [0.29, 0.717) is 12.1 Å². The minimum atomic E-state index is -0.858. The van der Waals surface area contributed by atoms with Crippen LogP contribution in [0, 0.1) is 24.0 Å². The molecule has 2 aromatic heterocycles. The van der Waals surface area contributed by atoms with Crippen LogP contribution in [-0.4, -0.2) is 21.4 Å². The lowest BCUT2D eigenvalue weighted by atomic mass is 10.1. The molecule has 0 amide bonds. The van der Waals surface area contributed by atoms with E-state index in [0.717, 1.165) is 17.1 Å². The fraction of sp³-hybridized carbons (Fsp3) is 0.250. The second-order valence-electron chi connectivity index (χ2n) is 6.30. The standard InChI is InChI=1S/C20H20N2O5/c1-13-11-17(14(2)21(13)12-16-7-6-10-26-16)20(23)15(3)27-19-9-5-4-8-18(19)22(24)25/h4-11,15H,12H2,1-3H3/t15-/m0/s1. The molecule has 3 rings (SSSR count). The Morgan fingerprint density at radius 3 is 2.67 bits per heavy atom. The van der Waals surface area contributed by atoms with Crippen molar-refractivity contribution in [1.82, 2.24) is 4.57 Å². The molecule has 0 radical (unpaired) electrons. The van der Waals surface area contributed by atoms with Gasteiger partial charge in [-0.05, 0) is 45.0 Å². The molecule has 2 heterocycles. The van der Waals surface area contributed by atoms with E-state index in [1.54, 1.807) is 31.4 Å². The number of hydrogen-bond donors (Lipinski definition) is 0. The topological polar surface area (TPSA) is 87.5 Å². The quantitative estimate of drug-likeness (QED) is 0.352. The van der Waals surface area contributed by atoms with Crippen LogP contribution >= 0.6 is 0 Å². The van der Waals surface area contributed by atoms with Gasteiger partial charge in [-0.1, -0.05) is 12.1 Å². The Morgan fingerprint density at radius 2 is 2.00 bits per heavy atom. The molecule has 0 saturated carbocycles. The van der Waals surface area contributed by atoms with Crippen molar-refractivity contribution >= 4 is 11.5 Å². The predicted octanol–water partition coefficient (Wildman–Crippen LogP) is 4.30. The van der Waals surface area contributed by atoms with E-state index in [-0.39, 0.29) is 17.2 Å². The molecule has 7 heteroatoms. The first-order valence-corrected chi connectivity index (χ1v) is 8.52. The van der Waals surface area contributed by atoms with Crippen molar-refractivity contribution in [2.75, 3.05) is 0 Å². The lowest BCUT2D eigenvalue weighted by Gasteiger charge is -2.14. The minimum Gasteiger partial charge on any atom is -0.475 e. The van der Waals surface area contributed by atoms with Gasteiger partial charge in [0.1, 0.15) is 5.76 Å². The molecule has 1 aromatic carbocycles. The molecule has 0 saturated heterocycles.